The number of benzene rings is 1. The number of para-hydroxylation sites is 2. The van der Waals surface area contributed by atoms with Gasteiger partial charge < -0.3 is 9.88 Å². The van der Waals surface area contributed by atoms with Crippen LogP contribution in [0, 0.1) is 0 Å². The topological polar surface area (TPSA) is 77.1 Å². The molecule has 1 aromatic carbocycles. The minimum atomic E-state index is -0.354. The molecule has 0 aliphatic heterocycles. The summed E-state index contributed by atoms with van der Waals surface area (Å²) in [5, 5.41) is 7.17. The van der Waals surface area contributed by atoms with Crippen LogP contribution in [0.3, 0.4) is 0 Å². The van der Waals surface area contributed by atoms with Gasteiger partial charge in [0.15, 0.2) is 5.65 Å². The van der Waals surface area contributed by atoms with Gasteiger partial charge in [-0.3, -0.25) is 4.79 Å². The summed E-state index contributed by atoms with van der Waals surface area (Å²) in [6.07, 6.45) is 6.96. The van der Waals surface area contributed by atoms with Crippen LogP contribution in [-0.2, 0) is 11.3 Å². The minimum absolute atomic E-state index is 0.0755. The maximum atomic E-state index is 12.5. The van der Waals surface area contributed by atoms with E-state index in [0.717, 1.165) is 22.2 Å². The molecule has 7 heteroatoms. The Kier molecular flexibility index (Phi) is 3.45. The maximum absolute atomic E-state index is 12.5. The number of fused-ring (bicyclic) bond motifs is 2. The lowest BCUT2D eigenvalue weighted by atomic mass is 10.2. The molecule has 0 fully saturated rings. The molecule has 3 heterocycles. The standard InChI is InChI=1S/C17H16N6O/c1-12(22-11-20-14-5-2-3-6-15(14)22)17(24)19-9-13-10-21-23-8-4-7-18-16(13)23/h2-8,10-12H,9H2,1H3,(H,19,24). The zero-order valence-corrected chi connectivity index (χ0v) is 13.1. The average Bonchev–Trinajstić information content (AvgIpc) is 3.23. The van der Waals surface area contributed by atoms with Crippen molar-refractivity contribution >= 4 is 22.6 Å². The molecule has 0 saturated heterocycles. The van der Waals surface area contributed by atoms with Crippen molar-refractivity contribution in [2.45, 2.75) is 19.5 Å². The lowest BCUT2D eigenvalue weighted by Gasteiger charge is -2.14. The van der Waals surface area contributed by atoms with Gasteiger partial charge in [-0.25, -0.2) is 14.5 Å². The number of amides is 1. The van der Waals surface area contributed by atoms with Gasteiger partial charge in [0.1, 0.15) is 6.04 Å². The van der Waals surface area contributed by atoms with Crippen molar-refractivity contribution in [3.05, 3.63) is 60.8 Å². The maximum Gasteiger partial charge on any atom is 0.243 e. The van der Waals surface area contributed by atoms with E-state index in [0.29, 0.717) is 6.54 Å². The lowest BCUT2D eigenvalue weighted by Crippen LogP contribution is -2.30. The van der Waals surface area contributed by atoms with Gasteiger partial charge in [0.2, 0.25) is 5.91 Å². The van der Waals surface area contributed by atoms with E-state index in [9.17, 15) is 4.79 Å². The number of hydrogen-bond donors (Lipinski definition) is 1. The van der Waals surface area contributed by atoms with Crippen LogP contribution in [0.15, 0.2) is 55.2 Å². The Morgan fingerprint density at radius 3 is 3.04 bits per heavy atom. The number of carbonyl (C=O) groups excluding carboxylic acids is 1. The van der Waals surface area contributed by atoms with Crippen molar-refractivity contribution in [3.63, 3.8) is 0 Å². The van der Waals surface area contributed by atoms with Gasteiger partial charge in [-0.1, -0.05) is 12.1 Å². The number of carbonyl (C=O) groups is 1. The second kappa shape index (κ2) is 5.77. The smallest absolute Gasteiger partial charge is 0.243 e. The van der Waals surface area contributed by atoms with Gasteiger partial charge in [-0.2, -0.15) is 5.10 Å². The zero-order chi connectivity index (χ0) is 16.5. The molecule has 1 N–H and O–H groups in total. The third kappa shape index (κ3) is 2.40. The lowest BCUT2D eigenvalue weighted by molar-refractivity contribution is -0.123. The quantitative estimate of drug-likeness (QED) is 0.623. The molecule has 1 atom stereocenters. The van der Waals surface area contributed by atoms with Crippen molar-refractivity contribution in [1.29, 1.82) is 0 Å². The van der Waals surface area contributed by atoms with Crippen LogP contribution in [0.1, 0.15) is 18.5 Å². The molecule has 1 unspecified atom stereocenters. The second-order valence-electron chi connectivity index (χ2n) is 5.59. The molecule has 4 rings (SSSR count). The largest absolute Gasteiger partial charge is 0.350 e. The predicted molar refractivity (Wildman–Crippen MR) is 89.3 cm³/mol. The van der Waals surface area contributed by atoms with Crippen LogP contribution >= 0.6 is 0 Å². The molecule has 0 bridgehead atoms. The number of aromatic nitrogens is 5. The Balaban J connectivity index is 1.51. The summed E-state index contributed by atoms with van der Waals surface area (Å²) in [4.78, 5) is 21.1. The van der Waals surface area contributed by atoms with Gasteiger partial charge in [-0.05, 0) is 25.1 Å². The monoisotopic (exact) mass is 320 g/mol. The summed E-state index contributed by atoms with van der Waals surface area (Å²) >= 11 is 0. The summed E-state index contributed by atoms with van der Waals surface area (Å²) in [6.45, 7) is 2.24. The second-order valence-corrected chi connectivity index (χ2v) is 5.59. The molecular weight excluding hydrogens is 304 g/mol. The first-order valence-electron chi connectivity index (χ1n) is 7.70. The van der Waals surface area contributed by atoms with Crippen LogP contribution in [0.5, 0.6) is 0 Å². The van der Waals surface area contributed by atoms with E-state index < -0.39 is 0 Å². The van der Waals surface area contributed by atoms with E-state index in [1.54, 1.807) is 23.2 Å². The van der Waals surface area contributed by atoms with E-state index in [-0.39, 0.29) is 11.9 Å². The first-order chi connectivity index (χ1) is 11.7. The number of nitrogens with one attached hydrogen (secondary N) is 1. The summed E-state index contributed by atoms with van der Waals surface area (Å²) in [5.74, 6) is -0.0755. The fourth-order valence-corrected chi connectivity index (χ4v) is 2.74. The third-order valence-corrected chi connectivity index (χ3v) is 4.08. The Labute approximate surface area is 138 Å². The molecule has 7 nitrogen and oxygen atoms in total. The number of imidazole rings is 1. The molecule has 0 spiro atoms. The molecule has 1 amide bonds. The van der Waals surface area contributed by atoms with E-state index in [1.165, 1.54) is 0 Å². The predicted octanol–water partition coefficient (Wildman–Crippen LogP) is 1.96. The highest BCUT2D eigenvalue weighted by Crippen LogP contribution is 2.17. The van der Waals surface area contributed by atoms with Crippen LogP contribution < -0.4 is 5.32 Å². The Morgan fingerprint density at radius 1 is 1.25 bits per heavy atom. The summed E-state index contributed by atoms with van der Waals surface area (Å²) in [7, 11) is 0. The van der Waals surface area contributed by atoms with Crippen molar-refractivity contribution in [1.82, 2.24) is 29.5 Å². The van der Waals surface area contributed by atoms with Crippen LogP contribution in [-0.4, -0.2) is 30.1 Å². The van der Waals surface area contributed by atoms with Crippen LogP contribution in [0.2, 0.25) is 0 Å². The highest BCUT2D eigenvalue weighted by Gasteiger charge is 2.17. The normalized spacial score (nSPS) is 12.5. The Morgan fingerprint density at radius 2 is 2.12 bits per heavy atom. The van der Waals surface area contributed by atoms with Crippen LogP contribution in [0.4, 0.5) is 0 Å². The Hall–Kier alpha value is -3.22. The molecule has 3 aromatic heterocycles. The molecule has 24 heavy (non-hydrogen) atoms. The van der Waals surface area contributed by atoms with E-state index in [1.807, 2.05) is 48.0 Å². The minimum Gasteiger partial charge on any atom is -0.350 e. The number of rotatable bonds is 4. The summed E-state index contributed by atoms with van der Waals surface area (Å²) in [5.41, 5.74) is 3.45. The van der Waals surface area contributed by atoms with Gasteiger partial charge in [-0.15, -0.1) is 0 Å². The molecule has 0 saturated carbocycles. The van der Waals surface area contributed by atoms with Gasteiger partial charge in [0, 0.05) is 24.5 Å². The average molecular weight is 320 g/mol. The highest BCUT2D eigenvalue weighted by molar-refractivity contribution is 5.83. The van der Waals surface area contributed by atoms with E-state index in [4.69, 9.17) is 0 Å². The molecule has 4 aromatic rings. The number of hydrogen-bond acceptors (Lipinski definition) is 4. The first-order valence-corrected chi connectivity index (χ1v) is 7.70. The van der Waals surface area contributed by atoms with Crippen molar-refractivity contribution in [2.75, 3.05) is 0 Å². The first kappa shape index (κ1) is 14.4. The van der Waals surface area contributed by atoms with Gasteiger partial charge >= 0.3 is 0 Å². The molecular formula is C17H16N6O. The van der Waals surface area contributed by atoms with Crippen molar-refractivity contribution in [2.24, 2.45) is 0 Å². The molecule has 0 aliphatic carbocycles. The SMILES string of the molecule is CC(C(=O)NCc1cnn2cccnc12)n1cnc2ccccc21. The summed E-state index contributed by atoms with van der Waals surface area (Å²) in [6, 6.07) is 9.22. The molecule has 0 radical (unpaired) electrons. The molecule has 120 valence electrons. The van der Waals surface area contributed by atoms with E-state index >= 15 is 0 Å². The van der Waals surface area contributed by atoms with Crippen molar-refractivity contribution < 1.29 is 4.79 Å². The fourth-order valence-electron chi connectivity index (χ4n) is 2.74. The van der Waals surface area contributed by atoms with Gasteiger partial charge in [0.05, 0.1) is 23.6 Å². The third-order valence-electron chi connectivity index (χ3n) is 4.08. The van der Waals surface area contributed by atoms with E-state index in [2.05, 4.69) is 20.4 Å². The van der Waals surface area contributed by atoms with Crippen molar-refractivity contribution in [3.8, 4) is 0 Å². The fraction of sp³-hybridized carbons (Fsp3) is 0.176. The number of nitrogens with zero attached hydrogens (tertiary/aromatic N) is 5. The highest BCUT2D eigenvalue weighted by atomic mass is 16.2. The van der Waals surface area contributed by atoms with Crippen LogP contribution in [0.25, 0.3) is 16.7 Å². The Bertz CT molecular complexity index is 1020. The molecule has 0 aliphatic rings. The summed E-state index contributed by atoms with van der Waals surface area (Å²) < 4.78 is 3.56. The zero-order valence-electron chi connectivity index (χ0n) is 13.1. The van der Waals surface area contributed by atoms with Gasteiger partial charge in [0.25, 0.3) is 0 Å².